The highest BCUT2D eigenvalue weighted by atomic mass is 32.1. The second-order valence-electron chi connectivity index (χ2n) is 4.30. The fraction of sp³-hybridized carbons (Fsp3) is 0.0625. The van der Waals surface area contributed by atoms with Crippen LogP contribution in [0.2, 0.25) is 0 Å². The molecule has 20 heavy (non-hydrogen) atoms. The van der Waals surface area contributed by atoms with E-state index in [4.69, 9.17) is 4.74 Å². The zero-order chi connectivity index (χ0) is 13.9. The van der Waals surface area contributed by atoms with Gasteiger partial charge in [-0.25, -0.2) is 0 Å². The van der Waals surface area contributed by atoms with Gasteiger partial charge in [0, 0.05) is 4.70 Å². The molecule has 3 rings (SSSR count). The molecule has 4 heteroatoms. The largest absolute Gasteiger partial charge is 0.495 e. The summed E-state index contributed by atoms with van der Waals surface area (Å²) in [6, 6.07) is 17.2. The van der Waals surface area contributed by atoms with Gasteiger partial charge >= 0.3 is 0 Å². The van der Waals surface area contributed by atoms with Crippen LogP contribution in [-0.2, 0) is 0 Å². The molecule has 0 saturated carbocycles. The maximum atomic E-state index is 12.3. The van der Waals surface area contributed by atoms with E-state index in [1.165, 1.54) is 11.3 Å². The first-order valence-electron chi connectivity index (χ1n) is 6.21. The van der Waals surface area contributed by atoms with Gasteiger partial charge in [-0.2, -0.15) is 0 Å². The summed E-state index contributed by atoms with van der Waals surface area (Å²) in [6.07, 6.45) is 0. The number of hydrogen-bond acceptors (Lipinski definition) is 3. The van der Waals surface area contributed by atoms with Crippen molar-refractivity contribution < 1.29 is 9.53 Å². The topological polar surface area (TPSA) is 38.3 Å². The van der Waals surface area contributed by atoms with E-state index in [-0.39, 0.29) is 5.91 Å². The molecule has 0 fully saturated rings. The Bertz CT molecular complexity index is 731. The second-order valence-corrected chi connectivity index (χ2v) is 5.39. The average Bonchev–Trinajstić information content (AvgIpc) is 2.92. The number of nitrogens with one attached hydrogen (secondary N) is 1. The van der Waals surface area contributed by atoms with Crippen LogP contribution in [0, 0.1) is 0 Å². The van der Waals surface area contributed by atoms with Gasteiger partial charge in [-0.3, -0.25) is 4.79 Å². The maximum absolute atomic E-state index is 12.3. The monoisotopic (exact) mass is 283 g/mol. The molecule has 0 radical (unpaired) electrons. The van der Waals surface area contributed by atoms with Gasteiger partial charge in [0.25, 0.3) is 5.91 Å². The number of ether oxygens (including phenoxy) is 1. The minimum atomic E-state index is -0.115. The lowest BCUT2D eigenvalue weighted by molar-refractivity contribution is 0.103. The molecule has 0 aliphatic rings. The van der Waals surface area contributed by atoms with Crippen LogP contribution >= 0.6 is 11.3 Å². The van der Waals surface area contributed by atoms with Crippen molar-refractivity contribution in [3.8, 4) is 5.75 Å². The summed E-state index contributed by atoms with van der Waals surface area (Å²) in [6.45, 7) is 0. The molecule has 0 saturated heterocycles. The number of thiophene rings is 1. The first-order valence-corrected chi connectivity index (χ1v) is 7.02. The Morgan fingerprint density at radius 1 is 1.10 bits per heavy atom. The van der Waals surface area contributed by atoms with Crippen molar-refractivity contribution in [2.24, 2.45) is 0 Å². The predicted molar refractivity (Wildman–Crippen MR) is 82.8 cm³/mol. The zero-order valence-corrected chi connectivity index (χ0v) is 11.7. The van der Waals surface area contributed by atoms with E-state index in [2.05, 4.69) is 5.32 Å². The van der Waals surface area contributed by atoms with Crippen LogP contribution in [-0.4, -0.2) is 13.0 Å². The Kier molecular flexibility index (Phi) is 3.39. The quantitative estimate of drug-likeness (QED) is 0.783. The van der Waals surface area contributed by atoms with Crippen LogP contribution < -0.4 is 10.1 Å². The Labute approximate surface area is 120 Å². The van der Waals surface area contributed by atoms with Crippen LogP contribution in [0.3, 0.4) is 0 Å². The van der Waals surface area contributed by atoms with Crippen molar-refractivity contribution in [2.45, 2.75) is 0 Å². The Balaban J connectivity index is 1.89. The van der Waals surface area contributed by atoms with Crippen molar-refractivity contribution in [1.82, 2.24) is 0 Å². The number of fused-ring (bicyclic) bond motifs is 1. The summed E-state index contributed by atoms with van der Waals surface area (Å²) in [5.74, 6) is 0.540. The van der Waals surface area contributed by atoms with Crippen LogP contribution in [0.25, 0.3) is 10.1 Å². The van der Waals surface area contributed by atoms with E-state index in [1.54, 1.807) is 7.11 Å². The fourth-order valence-electron chi connectivity index (χ4n) is 2.03. The van der Waals surface area contributed by atoms with Gasteiger partial charge in [-0.15, -0.1) is 11.3 Å². The van der Waals surface area contributed by atoms with E-state index in [0.29, 0.717) is 16.3 Å². The molecular weight excluding hydrogens is 270 g/mol. The number of methoxy groups -OCH3 is 1. The highest BCUT2D eigenvalue weighted by molar-refractivity contribution is 7.20. The van der Waals surface area contributed by atoms with Crippen LogP contribution in [0.5, 0.6) is 5.75 Å². The summed E-state index contributed by atoms with van der Waals surface area (Å²) >= 11 is 1.49. The first kappa shape index (κ1) is 12.7. The SMILES string of the molecule is COc1ccccc1NC(=O)c1cc2ccccc2s1. The summed E-state index contributed by atoms with van der Waals surface area (Å²) in [7, 11) is 1.59. The van der Waals surface area contributed by atoms with Gasteiger partial charge in [0.05, 0.1) is 17.7 Å². The molecular formula is C16H13NO2S. The van der Waals surface area contributed by atoms with Gasteiger partial charge in [0.15, 0.2) is 0 Å². The van der Waals surface area contributed by atoms with Gasteiger partial charge in [-0.1, -0.05) is 30.3 Å². The van der Waals surface area contributed by atoms with Gasteiger partial charge in [0.2, 0.25) is 0 Å². The van der Waals surface area contributed by atoms with E-state index < -0.39 is 0 Å². The minimum absolute atomic E-state index is 0.115. The smallest absolute Gasteiger partial charge is 0.265 e. The molecule has 1 amide bonds. The fourth-order valence-corrected chi connectivity index (χ4v) is 2.98. The van der Waals surface area contributed by atoms with E-state index >= 15 is 0 Å². The van der Waals surface area contributed by atoms with Crippen molar-refractivity contribution in [3.63, 3.8) is 0 Å². The first-order chi connectivity index (χ1) is 9.78. The van der Waals surface area contributed by atoms with Crippen molar-refractivity contribution in [2.75, 3.05) is 12.4 Å². The van der Waals surface area contributed by atoms with Crippen LogP contribution in [0.15, 0.2) is 54.6 Å². The summed E-state index contributed by atoms with van der Waals surface area (Å²) < 4.78 is 6.34. The standard InChI is InChI=1S/C16H13NO2S/c1-19-13-8-4-3-7-12(13)17-16(18)15-10-11-6-2-5-9-14(11)20-15/h2-10H,1H3,(H,17,18). The molecule has 1 aromatic heterocycles. The lowest BCUT2D eigenvalue weighted by Crippen LogP contribution is -2.10. The molecule has 0 aliphatic carbocycles. The third kappa shape index (κ3) is 2.38. The molecule has 0 atom stereocenters. The number of carbonyl (C=O) groups excluding carboxylic acids is 1. The van der Waals surface area contributed by atoms with Crippen molar-refractivity contribution >= 4 is 33.0 Å². The molecule has 1 N–H and O–H groups in total. The Morgan fingerprint density at radius 3 is 2.65 bits per heavy atom. The van der Waals surface area contributed by atoms with Gasteiger partial charge < -0.3 is 10.1 Å². The number of carbonyl (C=O) groups is 1. The predicted octanol–water partition coefficient (Wildman–Crippen LogP) is 4.16. The number of para-hydroxylation sites is 2. The number of anilines is 1. The number of benzene rings is 2. The number of rotatable bonds is 3. The van der Waals surface area contributed by atoms with E-state index in [9.17, 15) is 4.79 Å². The average molecular weight is 283 g/mol. The van der Waals surface area contributed by atoms with Gasteiger partial charge in [-0.05, 0) is 29.7 Å². The third-order valence-electron chi connectivity index (χ3n) is 3.00. The molecule has 0 aliphatic heterocycles. The van der Waals surface area contributed by atoms with E-state index in [1.807, 2.05) is 54.6 Å². The van der Waals surface area contributed by atoms with Crippen molar-refractivity contribution in [3.05, 3.63) is 59.5 Å². The van der Waals surface area contributed by atoms with Gasteiger partial charge in [0.1, 0.15) is 5.75 Å². The molecule has 1 heterocycles. The van der Waals surface area contributed by atoms with Crippen molar-refractivity contribution in [1.29, 1.82) is 0 Å². The summed E-state index contributed by atoms with van der Waals surface area (Å²) in [4.78, 5) is 13.0. The molecule has 0 spiro atoms. The molecule has 0 bridgehead atoms. The Hall–Kier alpha value is -2.33. The highest BCUT2D eigenvalue weighted by Gasteiger charge is 2.12. The second kappa shape index (κ2) is 5.35. The molecule has 0 unspecified atom stereocenters. The number of hydrogen-bond donors (Lipinski definition) is 1. The van der Waals surface area contributed by atoms with E-state index in [0.717, 1.165) is 10.1 Å². The lowest BCUT2D eigenvalue weighted by atomic mass is 10.2. The summed E-state index contributed by atoms with van der Waals surface area (Å²) in [5.41, 5.74) is 0.678. The third-order valence-corrected chi connectivity index (χ3v) is 4.12. The Morgan fingerprint density at radius 2 is 1.85 bits per heavy atom. The van der Waals surface area contributed by atoms with Crippen LogP contribution in [0.1, 0.15) is 9.67 Å². The molecule has 2 aromatic carbocycles. The lowest BCUT2D eigenvalue weighted by Gasteiger charge is -2.08. The minimum Gasteiger partial charge on any atom is -0.495 e. The molecule has 3 aromatic rings. The van der Waals surface area contributed by atoms with Crippen LogP contribution in [0.4, 0.5) is 5.69 Å². The summed E-state index contributed by atoms with van der Waals surface area (Å²) in [5, 5.41) is 3.97. The normalized spacial score (nSPS) is 10.4. The highest BCUT2D eigenvalue weighted by Crippen LogP contribution is 2.28. The zero-order valence-electron chi connectivity index (χ0n) is 10.9. The molecule has 3 nitrogen and oxygen atoms in total. The number of amides is 1. The maximum Gasteiger partial charge on any atom is 0.265 e. The molecule has 100 valence electrons.